The van der Waals surface area contributed by atoms with Crippen molar-refractivity contribution in [3.8, 4) is 0 Å². The first-order valence-corrected chi connectivity index (χ1v) is 5.13. The standard InChI is InChI=1S/C12H10N2O4/c1-18-12(15)9-3-2-4-11-10(9)7-8(13-11)5-6-14(16)17/h2-7,13H,1H3. The van der Waals surface area contributed by atoms with Gasteiger partial charge in [0.2, 0.25) is 6.20 Å². The molecule has 2 aromatic rings. The molecule has 6 heteroatoms. The first-order valence-electron chi connectivity index (χ1n) is 5.13. The maximum atomic E-state index is 11.5. The van der Waals surface area contributed by atoms with Gasteiger partial charge in [0, 0.05) is 22.7 Å². The molecule has 0 saturated carbocycles. The molecule has 0 aliphatic carbocycles. The van der Waals surface area contributed by atoms with Gasteiger partial charge in [-0.3, -0.25) is 10.1 Å². The molecule has 18 heavy (non-hydrogen) atoms. The summed E-state index contributed by atoms with van der Waals surface area (Å²) in [4.78, 5) is 24.2. The van der Waals surface area contributed by atoms with E-state index in [0.29, 0.717) is 16.6 Å². The summed E-state index contributed by atoms with van der Waals surface area (Å²) in [5.41, 5.74) is 1.70. The Balaban J connectivity index is 2.51. The number of esters is 1. The van der Waals surface area contributed by atoms with Gasteiger partial charge in [0.25, 0.3) is 0 Å². The largest absolute Gasteiger partial charge is 0.465 e. The Hall–Kier alpha value is -2.63. The number of carbonyl (C=O) groups is 1. The molecule has 0 amide bonds. The summed E-state index contributed by atoms with van der Waals surface area (Å²) in [6.07, 6.45) is 2.17. The van der Waals surface area contributed by atoms with Crippen molar-refractivity contribution in [1.82, 2.24) is 4.98 Å². The number of nitrogens with one attached hydrogen (secondary N) is 1. The average Bonchev–Trinajstić information content (AvgIpc) is 2.77. The lowest BCUT2D eigenvalue weighted by atomic mass is 10.1. The highest BCUT2D eigenvalue weighted by Crippen LogP contribution is 2.21. The fourth-order valence-electron chi connectivity index (χ4n) is 1.70. The van der Waals surface area contributed by atoms with Crippen LogP contribution in [0.1, 0.15) is 16.1 Å². The number of nitro groups is 1. The van der Waals surface area contributed by atoms with E-state index >= 15 is 0 Å². The van der Waals surface area contributed by atoms with E-state index in [0.717, 1.165) is 11.7 Å². The van der Waals surface area contributed by atoms with E-state index in [9.17, 15) is 14.9 Å². The third-order valence-electron chi connectivity index (χ3n) is 2.47. The highest BCUT2D eigenvalue weighted by Gasteiger charge is 2.11. The predicted molar refractivity (Wildman–Crippen MR) is 65.7 cm³/mol. The van der Waals surface area contributed by atoms with E-state index in [-0.39, 0.29) is 0 Å². The number of methoxy groups -OCH3 is 1. The fraction of sp³-hybridized carbons (Fsp3) is 0.0833. The van der Waals surface area contributed by atoms with E-state index in [1.165, 1.54) is 13.2 Å². The molecule has 6 nitrogen and oxygen atoms in total. The smallest absolute Gasteiger partial charge is 0.338 e. The molecule has 2 rings (SSSR count). The van der Waals surface area contributed by atoms with Crippen LogP contribution in [-0.4, -0.2) is 23.0 Å². The van der Waals surface area contributed by atoms with E-state index < -0.39 is 10.9 Å². The Bertz CT molecular complexity index is 643. The molecular weight excluding hydrogens is 236 g/mol. The van der Waals surface area contributed by atoms with Gasteiger partial charge >= 0.3 is 5.97 Å². The molecule has 0 fully saturated rings. The average molecular weight is 246 g/mol. The van der Waals surface area contributed by atoms with E-state index in [1.807, 2.05) is 0 Å². The fourth-order valence-corrected chi connectivity index (χ4v) is 1.70. The zero-order valence-electron chi connectivity index (χ0n) is 9.54. The molecule has 1 aromatic carbocycles. The van der Waals surface area contributed by atoms with Gasteiger partial charge in [0.15, 0.2) is 0 Å². The number of aromatic amines is 1. The molecule has 92 valence electrons. The highest BCUT2D eigenvalue weighted by molar-refractivity contribution is 6.04. The molecule has 0 bridgehead atoms. The molecule has 1 N–H and O–H groups in total. The molecule has 0 saturated heterocycles. The quantitative estimate of drug-likeness (QED) is 0.511. The summed E-state index contributed by atoms with van der Waals surface area (Å²) in [7, 11) is 1.31. The van der Waals surface area contributed by atoms with Crippen molar-refractivity contribution in [3.05, 3.63) is 51.8 Å². The molecule has 0 spiro atoms. The molecule has 1 aromatic heterocycles. The minimum Gasteiger partial charge on any atom is -0.465 e. The van der Waals surface area contributed by atoms with Gasteiger partial charge in [-0.15, -0.1) is 0 Å². The minimum absolute atomic E-state index is 0.423. The zero-order valence-corrected chi connectivity index (χ0v) is 9.54. The second kappa shape index (κ2) is 4.70. The Morgan fingerprint density at radius 3 is 2.94 bits per heavy atom. The van der Waals surface area contributed by atoms with Crippen LogP contribution in [0.3, 0.4) is 0 Å². The van der Waals surface area contributed by atoms with Crippen LogP contribution in [0, 0.1) is 10.1 Å². The van der Waals surface area contributed by atoms with Crippen LogP contribution in [0.4, 0.5) is 0 Å². The maximum absolute atomic E-state index is 11.5. The van der Waals surface area contributed by atoms with Crippen LogP contribution >= 0.6 is 0 Å². The van der Waals surface area contributed by atoms with Crippen molar-refractivity contribution in [1.29, 1.82) is 0 Å². The van der Waals surface area contributed by atoms with Gasteiger partial charge < -0.3 is 9.72 Å². The van der Waals surface area contributed by atoms with Gasteiger partial charge in [0.1, 0.15) is 0 Å². The van der Waals surface area contributed by atoms with Crippen LogP contribution in [0.15, 0.2) is 30.5 Å². The number of nitrogens with zero attached hydrogens (tertiary/aromatic N) is 1. The number of carbonyl (C=O) groups excluding carboxylic acids is 1. The molecule has 0 unspecified atom stereocenters. The number of rotatable bonds is 3. The summed E-state index contributed by atoms with van der Waals surface area (Å²) in [6.45, 7) is 0. The molecule has 0 aliphatic heterocycles. The number of benzene rings is 1. The van der Waals surface area contributed by atoms with E-state index in [4.69, 9.17) is 0 Å². The summed E-state index contributed by atoms with van der Waals surface area (Å²) >= 11 is 0. The van der Waals surface area contributed by atoms with Crippen LogP contribution in [0.2, 0.25) is 0 Å². The Morgan fingerprint density at radius 1 is 1.50 bits per heavy atom. The first-order chi connectivity index (χ1) is 8.61. The van der Waals surface area contributed by atoms with Crippen LogP contribution in [0.25, 0.3) is 17.0 Å². The topological polar surface area (TPSA) is 85.2 Å². The first kappa shape index (κ1) is 11.8. The van der Waals surface area contributed by atoms with Gasteiger partial charge in [-0.2, -0.15) is 0 Å². The lowest BCUT2D eigenvalue weighted by Gasteiger charge is -1.99. The van der Waals surface area contributed by atoms with Gasteiger partial charge in [-0.1, -0.05) is 6.07 Å². The summed E-state index contributed by atoms with van der Waals surface area (Å²) in [6, 6.07) is 6.81. The monoisotopic (exact) mass is 246 g/mol. The third-order valence-corrected chi connectivity index (χ3v) is 2.47. The SMILES string of the molecule is COC(=O)c1cccc2[nH]c(C=C[N+](=O)[O-])cc12. The minimum atomic E-state index is -0.549. The van der Waals surface area contributed by atoms with Gasteiger partial charge in [-0.25, -0.2) is 4.79 Å². The normalized spacial score (nSPS) is 10.9. The summed E-state index contributed by atoms with van der Waals surface area (Å²) in [5.74, 6) is -0.440. The lowest BCUT2D eigenvalue weighted by Crippen LogP contribution is -2.00. The number of hydrogen-bond donors (Lipinski definition) is 1. The van der Waals surface area contributed by atoms with Crippen LogP contribution in [0.5, 0.6) is 0 Å². The molecule has 0 aliphatic rings. The van der Waals surface area contributed by atoms with Crippen LogP contribution < -0.4 is 0 Å². The molecular formula is C12H10N2O4. The van der Waals surface area contributed by atoms with Crippen molar-refractivity contribution < 1.29 is 14.5 Å². The number of hydrogen-bond acceptors (Lipinski definition) is 4. The second-order valence-corrected chi connectivity index (χ2v) is 3.58. The second-order valence-electron chi connectivity index (χ2n) is 3.58. The van der Waals surface area contributed by atoms with Gasteiger partial charge in [0.05, 0.1) is 17.6 Å². The van der Waals surface area contributed by atoms with Crippen molar-refractivity contribution in [2.75, 3.05) is 7.11 Å². The Labute approximate surface area is 102 Å². The lowest BCUT2D eigenvalue weighted by molar-refractivity contribution is -0.401. The van der Waals surface area contributed by atoms with Crippen molar-refractivity contribution in [3.63, 3.8) is 0 Å². The van der Waals surface area contributed by atoms with E-state index in [1.54, 1.807) is 24.3 Å². The third kappa shape index (κ3) is 2.22. The number of aromatic nitrogens is 1. The number of fused-ring (bicyclic) bond motifs is 1. The predicted octanol–water partition coefficient (Wildman–Crippen LogP) is 2.20. The number of ether oxygens (including phenoxy) is 1. The summed E-state index contributed by atoms with van der Waals surface area (Å²) < 4.78 is 4.67. The maximum Gasteiger partial charge on any atom is 0.338 e. The molecule has 0 atom stereocenters. The zero-order chi connectivity index (χ0) is 13.1. The van der Waals surface area contributed by atoms with Gasteiger partial charge in [-0.05, 0) is 18.2 Å². The molecule has 1 heterocycles. The van der Waals surface area contributed by atoms with Crippen LogP contribution in [-0.2, 0) is 4.74 Å². The Kier molecular flexibility index (Phi) is 3.09. The number of H-pyrrole nitrogens is 1. The van der Waals surface area contributed by atoms with Crippen molar-refractivity contribution in [2.45, 2.75) is 0 Å². The van der Waals surface area contributed by atoms with Crippen molar-refractivity contribution in [2.24, 2.45) is 0 Å². The summed E-state index contributed by atoms with van der Waals surface area (Å²) in [5, 5.41) is 10.9. The van der Waals surface area contributed by atoms with E-state index in [2.05, 4.69) is 9.72 Å². The highest BCUT2D eigenvalue weighted by atomic mass is 16.6. The molecule has 0 radical (unpaired) electrons. The Morgan fingerprint density at radius 2 is 2.28 bits per heavy atom. The van der Waals surface area contributed by atoms with Crippen molar-refractivity contribution >= 4 is 22.9 Å².